The van der Waals surface area contributed by atoms with Gasteiger partial charge in [0.15, 0.2) is 17.5 Å². The number of rotatable bonds is 8. The molecule has 2 atom stereocenters. The van der Waals surface area contributed by atoms with Crippen LogP contribution in [0, 0.1) is 23.1 Å². The Labute approximate surface area is 214 Å². The lowest BCUT2D eigenvalue weighted by molar-refractivity contribution is 0.0149. The molecule has 1 aliphatic carbocycles. The van der Waals surface area contributed by atoms with Crippen LogP contribution in [0.3, 0.4) is 0 Å². The first-order valence-electron chi connectivity index (χ1n) is 11.9. The molecule has 37 heavy (non-hydrogen) atoms. The summed E-state index contributed by atoms with van der Waals surface area (Å²) in [6, 6.07) is 9.47. The number of nitrogens with zero attached hydrogens (tertiary/aromatic N) is 6. The number of carbonyl (C=O) groups excluding carboxylic acids is 1. The third-order valence-electron chi connectivity index (χ3n) is 5.89. The van der Waals surface area contributed by atoms with Crippen LogP contribution in [0.1, 0.15) is 46.1 Å². The van der Waals surface area contributed by atoms with Crippen LogP contribution >= 0.6 is 0 Å². The summed E-state index contributed by atoms with van der Waals surface area (Å²) in [4.78, 5) is 16.9. The fourth-order valence-corrected chi connectivity index (χ4v) is 3.88. The van der Waals surface area contributed by atoms with Crippen LogP contribution in [0.25, 0.3) is 5.69 Å². The van der Waals surface area contributed by atoms with E-state index in [0.717, 1.165) is 29.6 Å². The van der Waals surface area contributed by atoms with E-state index in [1.807, 2.05) is 18.2 Å². The Morgan fingerprint density at radius 2 is 2.08 bits per heavy atom. The first kappa shape index (κ1) is 25.8. The van der Waals surface area contributed by atoms with Crippen molar-refractivity contribution in [2.75, 3.05) is 10.6 Å². The molecule has 12 heteroatoms. The van der Waals surface area contributed by atoms with Gasteiger partial charge in [0.2, 0.25) is 0 Å². The third-order valence-corrected chi connectivity index (χ3v) is 5.89. The first-order chi connectivity index (χ1) is 17.6. The smallest absolute Gasteiger partial charge is 0.424 e. The quantitative estimate of drug-likeness (QED) is 0.233. The van der Waals surface area contributed by atoms with Gasteiger partial charge < -0.3 is 15.4 Å². The summed E-state index contributed by atoms with van der Waals surface area (Å²) in [6.45, 7) is 7.04. The van der Waals surface area contributed by atoms with Crippen molar-refractivity contribution in [3.8, 4) is 11.8 Å². The van der Waals surface area contributed by atoms with Gasteiger partial charge in [-0.1, -0.05) is 11.3 Å². The van der Waals surface area contributed by atoms with Crippen molar-refractivity contribution in [3.63, 3.8) is 0 Å². The summed E-state index contributed by atoms with van der Waals surface area (Å²) >= 11 is 0. The molecule has 1 aromatic carbocycles. The standard InChI is InChI=1S/C25H30FN9O2/c1-15(35(28)24(36)37-25(2,3)4)21(16-8-9-16)31-23-20(26)12-17(14-27)22(32-23)30-18-6-5-7-19(13-18)34-11-10-29-33-34/h5-7,10-13,15-16,21H,8-9,28H2,1-4H3,(H2,30,31,32)/t15-,21-/m0/s1. The summed E-state index contributed by atoms with van der Waals surface area (Å²) in [5.41, 5.74) is 0.706. The molecule has 2 aromatic heterocycles. The van der Waals surface area contributed by atoms with E-state index in [1.165, 1.54) is 0 Å². The van der Waals surface area contributed by atoms with Gasteiger partial charge in [-0.2, -0.15) is 5.26 Å². The van der Waals surface area contributed by atoms with Crippen molar-refractivity contribution in [2.24, 2.45) is 11.8 Å². The highest BCUT2D eigenvalue weighted by Gasteiger charge is 2.39. The Morgan fingerprint density at radius 3 is 2.70 bits per heavy atom. The number of aromatic nitrogens is 4. The van der Waals surface area contributed by atoms with Gasteiger partial charge in [0.1, 0.15) is 11.7 Å². The van der Waals surface area contributed by atoms with Gasteiger partial charge in [-0.25, -0.2) is 29.7 Å². The van der Waals surface area contributed by atoms with Crippen molar-refractivity contribution < 1.29 is 13.9 Å². The molecule has 4 N–H and O–H groups in total. The highest BCUT2D eigenvalue weighted by Crippen LogP contribution is 2.37. The summed E-state index contributed by atoms with van der Waals surface area (Å²) in [6.07, 6.45) is 4.41. The van der Waals surface area contributed by atoms with Crippen LogP contribution in [-0.2, 0) is 4.74 Å². The summed E-state index contributed by atoms with van der Waals surface area (Å²) in [7, 11) is 0. The van der Waals surface area contributed by atoms with Gasteiger partial charge >= 0.3 is 6.09 Å². The Bertz CT molecular complexity index is 1300. The van der Waals surface area contributed by atoms with Gasteiger partial charge in [-0.05, 0) is 70.7 Å². The van der Waals surface area contributed by atoms with Gasteiger partial charge in [0, 0.05) is 5.69 Å². The van der Waals surface area contributed by atoms with Gasteiger partial charge in [0.25, 0.3) is 0 Å². The zero-order valence-corrected chi connectivity index (χ0v) is 21.1. The van der Waals surface area contributed by atoms with Gasteiger partial charge in [-0.3, -0.25) is 0 Å². The molecule has 0 aliphatic heterocycles. The molecule has 2 heterocycles. The Hall–Kier alpha value is -4.24. The molecule has 1 aliphatic rings. The molecule has 0 spiro atoms. The molecule has 3 aromatic rings. The molecule has 1 amide bonds. The molecule has 194 valence electrons. The van der Waals surface area contributed by atoms with Crippen LogP contribution < -0.4 is 16.5 Å². The molecule has 0 unspecified atom stereocenters. The first-order valence-corrected chi connectivity index (χ1v) is 11.9. The van der Waals surface area contributed by atoms with E-state index in [1.54, 1.807) is 56.9 Å². The van der Waals surface area contributed by atoms with Crippen LogP contribution in [-0.4, -0.2) is 48.8 Å². The topological polar surface area (TPSA) is 147 Å². The highest BCUT2D eigenvalue weighted by molar-refractivity contribution is 5.68. The van der Waals surface area contributed by atoms with Crippen LogP contribution in [0.15, 0.2) is 42.7 Å². The number of benzene rings is 1. The monoisotopic (exact) mass is 507 g/mol. The number of hydrogen-bond donors (Lipinski definition) is 3. The second-order valence-electron chi connectivity index (χ2n) is 9.99. The number of ether oxygens (including phenoxy) is 1. The molecule has 0 saturated heterocycles. The Morgan fingerprint density at radius 1 is 1.32 bits per heavy atom. The Balaban J connectivity index is 1.58. The van der Waals surface area contributed by atoms with Gasteiger partial charge in [0.05, 0.1) is 35.7 Å². The van der Waals surface area contributed by atoms with Crippen molar-refractivity contribution in [3.05, 3.63) is 54.1 Å². The van der Waals surface area contributed by atoms with E-state index < -0.39 is 23.6 Å². The zero-order chi connectivity index (χ0) is 26.7. The molecule has 0 bridgehead atoms. The lowest BCUT2D eigenvalue weighted by Crippen LogP contribution is -2.54. The van der Waals surface area contributed by atoms with Crippen LogP contribution in [0.5, 0.6) is 0 Å². The molecular weight excluding hydrogens is 477 g/mol. The third kappa shape index (κ3) is 6.31. The summed E-state index contributed by atoms with van der Waals surface area (Å²) < 4.78 is 22.0. The second-order valence-corrected chi connectivity index (χ2v) is 9.99. The van der Waals surface area contributed by atoms with E-state index in [-0.39, 0.29) is 29.2 Å². The number of hydrogen-bond acceptors (Lipinski definition) is 9. The number of nitriles is 1. The normalized spacial score (nSPS) is 14.8. The average Bonchev–Trinajstić information content (AvgIpc) is 3.54. The minimum Gasteiger partial charge on any atom is -0.443 e. The SMILES string of the molecule is C[C@@H]([C@H](Nc1nc(Nc2cccc(-n3ccnn3)c2)c(C#N)cc1F)C1CC1)N(N)C(=O)OC(C)(C)C. The minimum atomic E-state index is -0.705. The lowest BCUT2D eigenvalue weighted by Gasteiger charge is -2.33. The van der Waals surface area contributed by atoms with Crippen molar-refractivity contribution >= 4 is 23.4 Å². The predicted octanol–water partition coefficient (Wildman–Crippen LogP) is 4.11. The summed E-state index contributed by atoms with van der Waals surface area (Å²) in [5.74, 6) is 5.73. The zero-order valence-electron chi connectivity index (χ0n) is 21.1. The average molecular weight is 508 g/mol. The molecule has 1 fully saturated rings. The van der Waals surface area contributed by atoms with E-state index in [0.29, 0.717) is 5.69 Å². The number of pyridine rings is 1. The number of halogens is 1. The number of nitrogens with one attached hydrogen (secondary N) is 2. The minimum absolute atomic E-state index is 0.0411. The van der Waals surface area contributed by atoms with Crippen molar-refractivity contribution in [1.82, 2.24) is 25.0 Å². The predicted molar refractivity (Wildman–Crippen MR) is 135 cm³/mol. The number of carbonyl (C=O) groups is 1. The molecule has 4 rings (SSSR count). The molecule has 0 radical (unpaired) electrons. The second kappa shape index (κ2) is 10.4. The van der Waals surface area contributed by atoms with Crippen LogP contribution in [0.2, 0.25) is 0 Å². The van der Waals surface area contributed by atoms with E-state index in [9.17, 15) is 10.1 Å². The number of anilines is 3. The largest absolute Gasteiger partial charge is 0.443 e. The maximum Gasteiger partial charge on any atom is 0.424 e. The van der Waals surface area contributed by atoms with Crippen molar-refractivity contribution in [2.45, 2.75) is 58.2 Å². The maximum absolute atomic E-state index is 15.0. The molecule has 1 saturated carbocycles. The van der Waals surface area contributed by atoms with Gasteiger partial charge in [-0.15, -0.1) is 5.10 Å². The number of amides is 1. The van der Waals surface area contributed by atoms with E-state index >= 15 is 4.39 Å². The van der Waals surface area contributed by atoms with E-state index in [4.69, 9.17) is 10.6 Å². The van der Waals surface area contributed by atoms with Crippen molar-refractivity contribution in [1.29, 1.82) is 5.26 Å². The maximum atomic E-state index is 15.0. The van der Waals surface area contributed by atoms with E-state index in [2.05, 4.69) is 25.9 Å². The Kier molecular flexibility index (Phi) is 7.26. The number of hydrazine groups is 1. The fraction of sp³-hybridized carbons (Fsp3) is 0.400. The van der Waals surface area contributed by atoms with Crippen LogP contribution in [0.4, 0.5) is 26.5 Å². The highest BCUT2D eigenvalue weighted by atomic mass is 19.1. The molecule has 11 nitrogen and oxygen atoms in total. The summed E-state index contributed by atoms with van der Waals surface area (Å²) in [5, 5.41) is 24.6. The molecular formula is C25H30FN9O2. The number of nitrogens with two attached hydrogens (primary N) is 1. The lowest BCUT2D eigenvalue weighted by atomic mass is 10.0. The fourth-order valence-electron chi connectivity index (χ4n) is 3.88.